The maximum absolute atomic E-state index is 13.3. The Morgan fingerprint density at radius 1 is 1.00 bits per heavy atom. The largest absolute Gasteiger partial charge is 0.477 e. The number of carbonyl (C=O) groups is 1. The Labute approximate surface area is 141 Å². The number of nitriles is 1. The summed E-state index contributed by atoms with van der Waals surface area (Å²) in [5.74, 6) is -2.73. The molecule has 2 heterocycles. The minimum Gasteiger partial charge on any atom is -0.477 e. The first kappa shape index (κ1) is 17.7. The van der Waals surface area contributed by atoms with Crippen molar-refractivity contribution in [3.05, 3.63) is 83.8 Å². The lowest BCUT2D eigenvalue weighted by Crippen LogP contribution is -1.97. The first-order valence-corrected chi connectivity index (χ1v) is 6.97. The van der Waals surface area contributed by atoms with Crippen LogP contribution in [0.3, 0.4) is 0 Å². The fraction of sp³-hybridized carbons (Fsp3) is 0. The van der Waals surface area contributed by atoms with Gasteiger partial charge in [0.05, 0.1) is 5.69 Å². The fourth-order valence-corrected chi connectivity index (χ4v) is 1.85. The molecule has 0 radical (unpaired) electrons. The van der Waals surface area contributed by atoms with Gasteiger partial charge in [-0.2, -0.15) is 5.26 Å². The van der Waals surface area contributed by atoms with Crippen LogP contribution in [-0.2, 0) is 0 Å². The molecule has 0 saturated carbocycles. The van der Waals surface area contributed by atoms with Crippen molar-refractivity contribution in [3.8, 4) is 17.3 Å². The molecule has 5 nitrogen and oxygen atoms in total. The second-order valence-corrected chi connectivity index (χ2v) is 4.66. The molecule has 0 atom stereocenters. The van der Waals surface area contributed by atoms with E-state index in [0.29, 0.717) is 11.3 Å². The number of aromatic nitrogens is 2. The Kier molecular flexibility index (Phi) is 5.85. The summed E-state index contributed by atoms with van der Waals surface area (Å²) in [5.41, 5.74) is 0.288. The van der Waals surface area contributed by atoms with Crippen LogP contribution in [-0.4, -0.2) is 21.0 Å². The molecule has 0 aliphatic carbocycles. The van der Waals surface area contributed by atoms with Crippen LogP contribution in [0.4, 0.5) is 8.78 Å². The van der Waals surface area contributed by atoms with Crippen molar-refractivity contribution in [1.29, 1.82) is 5.26 Å². The van der Waals surface area contributed by atoms with Crippen LogP contribution in [0.1, 0.15) is 16.1 Å². The lowest BCUT2D eigenvalue weighted by atomic mass is 10.1. The van der Waals surface area contributed by atoms with E-state index in [9.17, 15) is 13.6 Å². The number of halogens is 2. The number of carboxylic acid groups (broad SMARTS) is 1. The standard InChI is InChI=1S/C12H6F2N2.C6H5NO2/c13-10-5-8(6-11(14)9(10)7-15)12-3-1-2-4-16-12;8-6(9)5-3-1-2-4-7-5/h1-6H;1-4H,(H,8,9). The quantitative estimate of drug-likeness (QED) is 0.769. The van der Waals surface area contributed by atoms with E-state index in [1.54, 1.807) is 30.3 Å². The number of pyridine rings is 2. The molecule has 1 aromatic carbocycles. The van der Waals surface area contributed by atoms with Crippen LogP contribution in [0.2, 0.25) is 0 Å². The van der Waals surface area contributed by atoms with Crippen LogP contribution in [0.25, 0.3) is 11.3 Å². The van der Waals surface area contributed by atoms with Gasteiger partial charge < -0.3 is 5.11 Å². The Balaban J connectivity index is 0.000000212. The maximum atomic E-state index is 13.3. The van der Waals surface area contributed by atoms with Gasteiger partial charge in [-0.25, -0.2) is 18.6 Å². The summed E-state index contributed by atoms with van der Waals surface area (Å²) in [6, 6.07) is 13.5. The van der Waals surface area contributed by atoms with Gasteiger partial charge in [0.15, 0.2) is 0 Å². The molecule has 124 valence electrons. The van der Waals surface area contributed by atoms with Gasteiger partial charge in [-0.15, -0.1) is 0 Å². The van der Waals surface area contributed by atoms with Crippen molar-refractivity contribution >= 4 is 5.97 Å². The zero-order chi connectivity index (χ0) is 18.2. The summed E-state index contributed by atoms with van der Waals surface area (Å²) >= 11 is 0. The zero-order valence-electron chi connectivity index (χ0n) is 12.7. The van der Waals surface area contributed by atoms with Crippen molar-refractivity contribution in [2.24, 2.45) is 0 Å². The third kappa shape index (κ3) is 4.65. The lowest BCUT2D eigenvalue weighted by molar-refractivity contribution is 0.0690. The van der Waals surface area contributed by atoms with E-state index in [-0.39, 0.29) is 5.69 Å². The minimum absolute atomic E-state index is 0.0810. The van der Waals surface area contributed by atoms with Crippen molar-refractivity contribution in [1.82, 2.24) is 9.97 Å². The number of rotatable bonds is 2. The first-order valence-electron chi connectivity index (χ1n) is 6.97. The van der Waals surface area contributed by atoms with E-state index in [2.05, 4.69) is 9.97 Å². The predicted molar refractivity (Wildman–Crippen MR) is 85.5 cm³/mol. The average Bonchev–Trinajstić information content (AvgIpc) is 2.63. The van der Waals surface area contributed by atoms with E-state index < -0.39 is 23.2 Å². The molecule has 25 heavy (non-hydrogen) atoms. The summed E-state index contributed by atoms with van der Waals surface area (Å²) in [6.07, 6.45) is 2.98. The van der Waals surface area contributed by atoms with E-state index in [1.807, 2.05) is 0 Å². The fourth-order valence-electron chi connectivity index (χ4n) is 1.85. The second-order valence-electron chi connectivity index (χ2n) is 4.66. The summed E-state index contributed by atoms with van der Waals surface area (Å²) in [6.45, 7) is 0. The highest BCUT2D eigenvalue weighted by atomic mass is 19.1. The molecule has 7 heteroatoms. The van der Waals surface area contributed by atoms with Crippen molar-refractivity contribution in [3.63, 3.8) is 0 Å². The molecule has 2 aromatic heterocycles. The Bertz CT molecular complexity index is 888. The van der Waals surface area contributed by atoms with E-state index >= 15 is 0 Å². The number of benzene rings is 1. The van der Waals surface area contributed by atoms with E-state index in [4.69, 9.17) is 10.4 Å². The van der Waals surface area contributed by atoms with Gasteiger partial charge in [-0.3, -0.25) is 4.98 Å². The monoisotopic (exact) mass is 339 g/mol. The van der Waals surface area contributed by atoms with Crippen molar-refractivity contribution in [2.45, 2.75) is 0 Å². The number of nitrogens with zero attached hydrogens (tertiary/aromatic N) is 3. The van der Waals surface area contributed by atoms with E-state index in [1.165, 1.54) is 24.5 Å². The summed E-state index contributed by atoms with van der Waals surface area (Å²) in [5, 5.41) is 16.8. The van der Waals surface area contributed by atoms with Gasteiger partial charge in [-0.1, -0.05) is 12.1 Å². The van der Waals surface area contributed by atoms with Crippen molar-refractivity contribution < 1.29 is 18.7 Å². The van der Waals surface area contributed by atoms with Gasteiger partial charge in [0.25, 0.3) is 0 Å². The van der Waals surface area contributed by atoms with Crippen LogP contribution in [0, 0.1) is 23.0 Å². The highest BCUT2D eigenvalue weighted by Crippen LogP contribution is 2.22. The smallest absolute Gasteiger partial charge is 0.354 e. The average molecular weight is 339 g/mol. The molecule has 0 saturated heterocycles. The van der Waals surface area contributed by atoms with Gasteiger partial charge in [0, 0.05) is 18.0 Å². The Morgan fingerprint density at radius 3 is 2.00 bits per heavy atom. The number of carboxylic acids is 1. The second kappa shape index (κ2) is 8.26. The predicted octanol–water partition coefficient (Wildman–Crippen LogP) is 3.68. The molecule has 0 bridgehead atoms. The number of aromatic carboxylic acids is 1. The zero-order valence-corrected chi connectivity index (χ0v) is 12.7. The third-order valence-electron chi connectivity index (χ3n) is 3.00. The Hall–Kier alpha value is -3.66. The normalized spacial score (nSPS) is 9.48. The number of hydrogen-bond donors (Lipinski definition) is 1. The van der Waals surface area contributed by atoms with Crippen LogP contribution in [0.5, 0.6) is 0 Å². The van der Waals surface area contributed by atoms with Crippen LogP contribution >= 0.6 is 0 Å². The van der Waals surface area contributed by atoms with Gasteiger partial charge >= 0.3 is 5.97 Å². The number of hydrogen-bond acceptors (Lipinski definition) is 4. The van der Waals surface area contributed by atoms with Gasteiger partial charge in [0.2, 0.25) is 0 Å². The van der Waals surface area contributed by atoms with Crippen molar-refractivity contribution in [2.75, 3.05) is 0 Å². The molecule has 0 aliphatic rings. The Morgan fingerprint density at radius 2 is 1.60 bits per heavy atom. The van der Waals surface area contributed by atoms with Crippen LogP contribution in [0.15, 0.2) is 60.9 Å². The molecule has 0 spiro atoms. The molecule has 3 rings (SSSR count). The molecule has 0 aliphatic heterocycles. The molecular formula is C18H11F2N3O2. The lowest BCUT2D eigenvalue weighted by Gasteiger charge is -2.02. The maximum Gasteiger partial charge on any atom is 0.354 e. The third-order valence-corrected chi connectivity index (χ3v) is 3.00. The molecule has 3 aromatic rings. The first-order chi connectivity index (χ1) is 12.0. The SMILES string of the molecule is N#Cc1c(F)cc(-c2ccccn2)cc1F.O=C(O)c1ccccn1. The van der Waals surface area contributed by atoms with Gasteiger partial charge in [-0.05, 0) is 36.4 Å². The van der Waals surface area contributed by atoms with E-state index in [0.717, 1.165) is 12.1 Å². The minimum atomic E-state index is -0.990. The summed E-state index contributed by atoms with van der Waals surface area (Å²) in [7, 11) is 0. The molecule has 0 amide bonds. The topological polar surface area (TPSA) is 86.9 Å². The summed E-state index contributed by atoms with van der Waals surface area (Å²) < 4.78 is 26.6. The highest BCUT2D eigenvalue weighted by molar-refractivity contribution is 5.85. The molecule has 1 N–H and O–H groups in total. The molecular weight excluding hydrogens is 328 g/mol. The van der Waals surface area contributed by atoms with Gasteiger partial charge in [0.1, 0.15) is 29.0 Å². The summed E-state index contributed by atoms with van der Waals surface area (Å²) in [4.78, 5) is 17.7. The van der Waals surface area contributed by atoms with Crippen LogP contribution < -0.4 is 0 Å². The molecule has 0 unspecified atom stereocenters. The highest BCUT2D eigenvalue weighted by Gasteiger charge is 2.11. The molecule has 0 fully saturated rings.